The van der Waals surface area contributed by atoms with E-state index in [4.69, 9.17) is 10.5 Å². The molecule has 0 fully saturated rings. The molecule has 2 N–H and O–H groups in total. The van der Waals surface area contributed by atoms with Gasteiger partial charge in [-0.2, -0.15) is 0 Å². The molecule has 1 aromatic rings. The molecule has 1 heterocycles. The summed E-state index contributed by atoms with van der Waals surface area (Å²) in [6, 6.07) is 0.0883. The number of rotatable bonds is 7. The molecule has 3 nitrogen and oxygen atoms in total. The van der Waals surface area contributed by atoms with E-state index in [-0.39, 0.29) is 12.1 Å². The van der Waals surface area contributed by atoms with Gasteiger partial charge in [-0.05, 0) is 13.3 Å². The first-order valence-electron chi connectivity index (χ1n) is 5.52. The van der Waals surface area contributed by atoms with Gasteiger partial charge < -0.3 is 10.5 Å². The van der Waals surface area contributed by atoms with Crippen molar-refractivity contribution in [3.63, 3.8) is 0 Å². The number of ether oxygens (including phenoxy) is 1. The van der Waals surface area contributed by atoms with Crippen molar-refractivity contribution in [1.82, 2.24) is 4.98 Å². The van der Waals surface area contributed by atoms with Gasteiger partial charge in [-0.3, -0.25) is 4.98 Å². The summed E-state index contributed by atoms with van der Waals surface area (Å²) in [7, 11) is 0. The molecule has 0 saturated carbocycles. The molecule has 2 unspecified atom stereocenters. The number of thiazole rings is 1. The van der Waals surface area contributed by atoms with Gasteiger partial charge >= 0.3 is 0 Å². The second-order valence-corrected chi connectivity index (χ2v) is 4.59. The molecule has 1 rings (SSSR count). The summed E-state index contributed by atoms with van der Waals surface area (Å²) < 4.78 is 5.65. The molecule has 2 atom stereocenters. The SMILES string of the molecule is CCCC(OCC)C(N)Cc1cncs1. The lowest BCUT2D eigenvalue weighted by Gasteiger charge is -2.22. The van der Waals surface area contributed by atoms with Crippen LogP contribution in [0.1, 0.15) is 31.6 Å². The molecule has 86 valence electrons. The summed E-state index contributed by atoms with van der Waals surface area (Å²) in [5, 5.41) is 0. The maximum Gasteiger partial charge on any atom is 0.0794 e. The molecule has 0 aliphatic heterocycles. The van der Waals surface area contributed by atoms with Crippen molar-refractivity contribution in [3.05, 3.63) is 16.6 Å². The Bertz CT molecular complexity index is 245. The van der Waals surface area contributed by atoms with Crippen molar-refractivity contribution in [2.75, 3.05) is 6.61 Å². The molecule has 0 saturated heterocycles. The maximum absolute atomic E-state index is 6.14. The minimum absolute atomic E-state index is 0.0883. The first-order chi connectivity index (χ1) is 7.27. The van der Waals surface area contributed by atoms with Crippen LogP contribution >= 0.6 is 11.3 Å². The number of hydrogen-bond acceptors (Lipinski definition) is 4. The van der Waals surface area contributed by atoms with Crippen molar-refractivity contribution in [2.24, 2.45) is 5.73 Å². The number of aromatic nitrogens is 1. The summed E-state index contributed by atoms with van der Waals surface area (Å²) in [4.78, 5) is 5.29. The Labute approximate surface area is 95.7 Å². The van der Waals surface area contributed by atoms with Gasteiger partial charge in [0, 0.05) is 30.1 Å². The maximum atomic E-state index is 6.14. The highest BCUT2D eigenvalue weighted by Gasteiger charge is 2.17. The highest BCUT2D eigenvalue weighted by atomic mass is 32.1. The molecule has 15 heavy (non-hydrogen) atoms. The van der Waals surface area contributed by atoms with Gasteiger partial charge in [0.25, 0.3) is 0 Å². The summed E-state index contributed by atoms with van der Waals surface area (Å²) in [6.45, 7) is 4.91. The molecular weight excluding hydrogens is 208 g/mol. The molecule has 0 amide bonds. The molecule has 1 aromatic heterocycles. The highest BCUT2D eigenvalue weighted by Crippen LogP contribution is 2.13. The van der Waals surface area contributed by atoms with Gasteiger partial charge in [0.05, 0.1) is 11.6 Å². The van der Waals surface area contributed by atoms with Crippen LogP contribution in [0.5, 0.6) is 0 Å². The van der Waals surface area contributed by atoms with E-state index >= 15 is 0 Å². The normalized spacial score (nSPS) is 15.1. The summed E-state index contributed by atoms with van der Waals surface area (Å²) in [5.41, 5.74) is 7.98. The van der Waals surface area contributed by atoms with Crippen LogP contribution in [0.4, 0.5) is 0 Å². The van der Waals surface area contributed by atoms with E-state index in [0.29, 0.717) is 0 Å². The standard InChI is InChI=1S/C11H20N2OS/c1-3-5-11(14-4-2)10(12)6-9-7-13-8-15-9/h7-8,10-11H,3-6,12H2,1-2H3. The molecule has 0 aliphatic carbocycles. The zero-order chi connectivity index (χ0) is 11.1. The minimum atomic E-state index is 0.0883. The van der Waals surface area contributed by atoms with Crippen LogP contribution in [0.25, 0.3) is 0 Å². The highest BCUT2D eigenvalue weighted by molar-refractivity contribution is 7.09. The van der Waals surface area contributed by atoms with Gasteiger partial charge in [0.15, 0.2) is 0 Å². The fourth-order valence-electron chi connectivity index (χ4n) is 1.63. The topological polar surface area (TPSA) is 48.1 Å². The first kappa shape index (κ1) is 12.6. The average Bonchev–Trinajstić information content (AvgIpc) is 2.70. The Morgan fingerprint density at radius 1 is 1.53 bits per heavy atom. The third-order valence-corrected chi connectivity index (χ3v) is 3.15. The Balaban J connectivity index is 2.44. The summed E-state index contributed by atoms with van der Waals surface area (Å²) in [5.74, 6) is 0. The third kappa shape index (κ3) is 4.28. The predicted octanol–water partition coefficient (Wildman–Crippen LogP) is 2.22. The lowest BCUT2D eigenvalue weighted by atomic mass is 10.0. The van der Waals surface area contributed by atoms with Crippen molar-refractivity contribution in [3.8, 4) is 0 Å². The van der Waals surface area contributed by atoms with E-state index in [1.165, 1.54) is 4.88 Å². The van der Waals surface area contributed by atoms with Gasteiger partial charge in [-0.1, -0.05) is 13.3 Å². The third-order valence-electron chi connectivity index (χ3n) is 2.35. The van der Waals surface area contributed by atoms with Crippen LogP contribution in [-0.4, -0.2) is 23.7 Å². The van der Waals surface area contributed by atoms with Crippen molar-refractivity contribution < 1.29 is 4.74 Å². The number of hydrogen-bond donors (Lipinski definition) is 1. The lowest BCUT2D eigenvalue weighted by Crippen LogP contribution is -2.38. The molecular formula is C11H20N2OS. The van der Waals surface area contributed by atoms with Crippen LogP contribution in [-0.2, 0) is 11.2 Å². The average molecular weight is 228 g/mol. The van der Waals surface area contributed by atoms with Crippen LogP contribution in [0.3, 0.4) is 0 Å². The Kier molecular flexibility index (Phi) is 5.83. The molecule has 0 spiro atoms. The summed E-state index contributed by atoms with van der Waals surface area (Å²) in [6.07, 6.45) is 5.09. The fraction of sp³-hybridized carbons (Fsp3) is 0.727. The smallest absolute Gasteiger partial charge is 0.0794 e. The van der Waals surface area contributed by atoms with Crippen molar-refractivity contribution >= 4 is 11.3 Å². The Morgan fingerprint density at radius 2 is 2.33 bits per heavy atom. The van der Waals surface area contributed by atoms with E-state index in [9.17, 15) is 0 Å². The van der Waals surface area contributed by atoms with Crippen molar-refractivity contribution in [1.29, 1.82) is 0 Å². The molecule has 0 radical (unpaired) electrons. The van der Waals surface area contributed by atoms with Crippen LogP contribution in [0.2, 0.25) is 0 Å². The Morgan fingerprint density at radius 3 is 2.87 bits per heavy atom. The zero-order valence-electron chi connectivity index (χ0n) is 9.48. The van der Waals surface area contributed by atoms with Gasteiger partial charge in [0.2, 0.25) is 0 Å². The first-order valence-corrected chi connectivity index (χ1v) is 6.40. The fourth-order valence-corrected chi connectivity index (χ4v) is 2.29. The second kappa shape index (κ2) is 6.93. The second-order valence-electron chi connectivity index (χ2n) is 3.62. The molecule has 4 heteroatoms. The Hall–Kier alpha value is -0.450. The minimum Gasteiger partial charge on any atom is -0.377 e. The summed E-state index contributed by atoms with van der Waals surface area (Å²) >= 11 is 1.66. The molecule has 0 aromatic carbocycles. The zero-order valence-corrected chi connectivity index (χ0v) is 10.3. The quantitative estimate of drug-likeness (QED) is 0.778. The van der Waals surface area contributed by atoms with E-state index in [0.717, 1.165) is 25.9 Å². The number of nitrogens with two attached hydrogens (primary N) is 1. The van der Waals surface area contributed by atoms with Crippen LogP contribution in [0, 0.1) is 0 Å². The number of nitrogens with zero attached hydrogens (tertiary/aromatic N) is 1. The molecule has 0 aliphatic rings. The predicted molar refractivity (Wildman–Crippen MR) is 64.1 cm³/mol. The van der Waals surface area contributed by atoms with Gasteiger partial charge in [0.1, 0.15) is 0 Å². The van der Waals surface area contributed by atoms with E-state index in [1.807, 2.05) is 18.6 Å². The molecule has 0 bridgehead atoms. The van der Waals surface area contributed by atoms with Gasteiger partial charge in [-0.25, -0.2) is 0 Å². The van der Waals surface area contributed by atoms with E-state index in [1.54, 1.807) is 11.3 Å². The largest absolute Gasteiger partial charge is 0.377 e. The van der Waals surface area contributed by atoms with Gasteiger partial charge in [-0.15, -0.1) is 11.3 Å². The lowest BCUT2D eigenvalue weighted by molar-refractivity contribution is 0.0380. The van der Waals surface area contributed by atoms with Crippen LogP contribution < -0.4 is 5.73 Å². The van der Waals surface area contributed by atoms with E-state index in [2.05, 4.69) is 11.9 Å². The van der Waals surface area contributed by atoms with Crippen molar-refractivity contribution in [2.45, 2.75) is 45.3 Å². The van der Waals surface area contributed by atoms with Crippen LogP contribution in [0.15, 0.2) is 11.7 Å². The van der Waals surface area contributed by atoms with E-state index < -0.39 is 0 Å². The monoisotopic (exact) mass is 228 g/mol.